The highest BCUT2D eigenvalue weighted by atomic mass is 16.5. The molecule has 0 saturated heterocycles. The van der Waals surface area contributed by atoms with E-state index in [0.717, 1.165) is 29.0 Å². The van der Waals surface area contributed by atoms with Crippen molar-refractivity contribution in [3.63, 3.8) is 0 Å². The highest BCUT2D eigenvalue weighted by molar-refractivity contribution is 5.90. The fourth-order valence-corrected chi connectivity index (χ4v) is 2.68. The number of hydrogen-bond donors (Lipinski definition) is 2. The van der Waals surface area contributed by atoms with E-state index in [4.69, 9.17) is 4.74 Å². The van der Waals surface area contributed by atoms with Crippen LogP contribution in [0, 0.1) is 20.8 Å². The van der Waals surface area contributed by atoms with Crippen molar-refractivity contribution in [2.45, 2.75) is 40.7 Å². The van der Waals surface area contributed by atoms with Crippen LogP contribution in [0.25, 0.3) is 0 Å². The molecule has 0 radical (unpaired) electrons. The van der Waals surface area contributed by atoms with Crippen LogP contribution in [0.2, 0.25) is 0 Å². The molecule has 2 rings (SSSR count). The predicted octanol–water partition coefficient (Wildman–Crippen LogP) is 4.50. The van der Waals surface area contributed by atoms with Crippen LogP contribution in [-0.2, 0) is 13.0 Å². The Labute approximate surface area is 144 Å². The highest BCUT2D eigenvalue weighted by Crippen LogP contribution is 2.26. The molecule has 2 N–H and O–H groups in total. The van der Waals surface area contributed by atoms with Gasteiger partial charge in [-0.05, 0) is 61.6 Å². The van der Waals surface area contributed by atoms with Crippen molar-refractivity contribution >= 4 is 11.7 Å². The average Bonchev–Trinajstić information content (AvgIpc) is 2.57. The van der Waals surface area contributed by atoms with Crippen LogP contribution in [0.5, 0.6) is 5.75 Å². The zero-order chi connectivity index (χ0) is 17.7. The standard InChI is InChI=1S/C20H26N2O2/c1-6-16-8-7-9-18(22-20(23)21-5)17(16)12-24-19-11-14(3)13(2)10-15(19)4/h7-11H,6,12H2,1-5H3,(H2,21,22,23). The van der Waals surface area contributed by atoms with Gasteiger partial charge in [0.15, 0.2) is 0 Å². The largest absolute Gasteiger partial charge is 0.489 e. The van der Waals surface area contributed by atoms with Crippen LogP contribution in [0.1, 0.15) is 34.7 Å². The molecule has 0 spiro atoms. The van der Waals surface area contributed by atoms with Gasteiger partial charge in [0.25, 0.3) is 0 Å². The summed E-state index contributed by atoms with van der Waals surface area (Å²) in [5.74, 6) is 0.884. The third-order valence-corrected chi connectivity index (χ3v) is 4.29. The Bertz CT molecular complexity index is 739. The molecule has 0 aliphatic heterocycles. The molecule has 128 valence electrons. The van der Waals surface area contributed by atoms with Crippen molar-refractivity contribution in [1.82, 2.24) is 5.32 Å². The lowest BCUT2D eigenvalue weighted by atomic mass is 10.0. The van der Waals surface area contributed by atoms with E-state index in [-0.39, 0.29) is 6.03 Å². The molecule has 0 aliphatic rings. The number of anilines is 1. The third kappa shape index (κ3) is 4.07. The minimum atomic E-state index is -0.230. The Morgan fingerprint density at radius 3 is 2.46 bits per heavy atom. The SMILES string of the molecule is CCc1cccc(NC(=O)NC)c1COc1cc(C)c(C)cc1C. The minimum Gasteiger partial charge on any atom is -0.489 e. The minimum absolute atomic E-state index is 0.230. The van der Waals surface area contributed by atoms with Gasteiger partial charge in [-0.3, -0.25) is 0 Å². The van der Waals surface area contributed by atoms with Crippen LogP contribution in [0.3, 0.4) is 0 Å². The predicted molar refractivity (Wildman–Crippen MR) is 98.9 cm³/mol. The van der Waals surface area contributed by atoms with E-state index in [1.807, 2.05) is 12.1 Å². The first-order valence-corrected chi connectivity index (χ1v) is 8.26. The summed E-state index contributed by atoms with van der Waals surface area (Å²) in [5.41, 5.74) is 6.56. The number of ether oxygens (including phenoxy) is 1. The van der Waals surface area contributed by atoms with Gasteiger partial charge in [0.1, 0.15) is 12.4 Å². The number of benzene rings is 2. The normalized spacial score (nSPS) is 10.4. The number of carbonyl (C=O) groups excluding carboxylic acids is 1. The summed E-state index contributed by atoms with van der Waals surface area (Å²) in [6.45, 7) is 8.76. The molecule has 4 heteroatoms. The summed E-state index contributed by atoms with van der Waals surface area (Å²) >= 11 is 0. The Kier molecular flexibility index (Phi) is 5.85. The first-order chi connectivity index (χ1) is 11.5. The lowest BCUT2D eigenvalue weighted by Gasteiger charge is -2.17. The molecule has 2 aromatic rings. The van der Waals surface area contributed by atoms with Crippen molar-refractivity contribution in [2.24, 2.45) is 0 Å². The number of nitrogens with one attached hydrogen (secondary N) is 2. The van der Waals surface area contributed by atoms with E-state index in [1.165, 1.54) is 16.7 Å². The Hall–Kier alpha value is -2.49. The Morgan fingerprint density at radius 2 is 1.79 bits per heavy atom. The van der Waals surface area contributed by atoms with Gasteiger partial charge in [-0.25, -0.2) is 4.79 Å². The molecule has 0 atom stereocenters. The van der Waals surface area contributed by atoms with Crippen molar-refractivity contribution < 1.29 is 9.53 Å². The topological polar surface area (TPSA) is 50.4 Å². The Balaban J connectivity index is 2.28. The maximum absolute atomic E-state index is 11.7. The molecule has 0 aromatic heterocycles. The van der Waals surface area contributed by atoms with E-state index in [2.05, 4.69) is 56.5 Å². The summed E-state index contributed by atoms with van der Waals surface area (Å²) in [4.78, 5) is 11.7. The van der Waals surface area contributed by atoms with Crippen molar-refractivity contribution in [2.75, 3.05) is 12.4 Å². The van der Waals surface area contributed by atoms with E-state index >= 15 is 0 Å². The van der Waals surface area contributed by atoms with Crippen LogP contribution in [-0.4, -0.2) is 13.1 Å². The number of urea groups is 1. The number of aryl methyl sites for hydroxylation is 4. The fourth-order valence-electron chi connectivity index (χ4n) is 2.68. The van der Waals surface area contributed by atoms with Gasteiger partial charge in [-0.15, -0.1) is 0 Å². The summed E-state index contributed by atoms with van der Waals surface area (Å²) in [6.07, 6.45) is 0.883. The molecule has 2 amide bonds. The van der Waals surface area contributed by atoms with Gasteiger partial charge in [0.05, 0.1) is 0 Å². The van der Waals surface area contributed by atoms with E-state index in [9.17, 15) is 4.79 Å². The summed E-state index contributed by atoms with van der Waals surface area (Å²) in [7, 11) is 1.60. The number of amides is 2. The van der Waals surface area contributed by atoms with Crippen LogP contribution in [0.15, 0.2) is 30.3 Å². The van der Waals surface area contributed by atoms with E-state index in [0.29, 0.717) is 6.61 Å². The molecule has 0 heterocycles. The summed E-state index contributed by atoms with van der Waals surface area (Å²) < 4.78 is 6.09. The molecule has 0 bridgehead atoms. The molecular formula is C20H26N2O2. The monoisotopic (exact) mass is 326 g/mol. The van der Waals surface area contributed by atoms with Crippen LogP contribution in [0.4, 0.5) is 10.5 Å². The second-order valence-electron chi connectivity index (χ2n) is 5.99. The van der Waals surface area contributed by atoms with Crippen molar-refractivity contribution in [1.29, 1.82) is 0 Å². The average molecular weight is 326 g/mol. The number of rotatable bonds is 5. The summed E-state index contributed by atoms with van der Waals surface area (Å²) in [5, 5.41) is 5.46. The molecule has 2 aromatic carbocycles. The second kappa shape index (κ2) is 7.86. The summed E-state index contributed by atoms with van der Waals surface area (Å²) in [6, 6.07) is 9.91. The van der Waals surface area contributed by atoms with E-state index < -0.39 is 0 Å². The van der Waals surface area contributed by atoms with Gasteiger partial charge in [-0.2, -0.15) is 0 Å². The maximum atomic E-state index is 11.7. The van der Waals surface area contributed by atoms with E-state index in [1.54, 1.807) is 7.05 Å². The van der Waals surface area contributed by atoms with Crippen molar-refractivity contribution in [3.05, 3.63) is 58.1 Å². The molecule has 4 nitrogen and oxygen atoms in total. The van der Waals surface area contributed by atoms with Crippen molar-refractivity contribution in [3.8, 4) is 5.75 Å². The van der Waals surface area contributed by atoms with Gasteiger partial charge in [0.2, 0.25) is 0 Å². The van der Waals surface area contributed by atoms with Gasteiger partial charge < -0.3 is 15.4 Å². The number of hydrogen-bond acceptors (Lipinski definition) is 2. The molecule has 0 aliphatic carbocycles. The zero-order valence-electron chi connectivity index (χ0n) is 15.1. The number of carbonyl (C=O) groups is 1. The first-order valence-electron chi connectivity index (χ1n) is 8.26. The van der Waals surface area contributed by atoms with Gasteiger partial charge in [0, 0.05) is 18.3 Å². The van der Waals surface area contributed by atoms with Gasteiger partial charge >= 0.3 is 6.03 Å². The fraction of sp³-hybridized carbons (Fsp3) is 0.350. The van der Waals surface area contributed by atoms with Crippen LogP contribution < -0.4 is 15.4 Å². The lowest BCUT2D eigenvalue weighted by molar-refractivity contribution is 0.254. The third-order valence-electron chi connectivity index (χ3n) is 4.29. The van der Waals surface area contributed by atoms with Gasteiger partial charge in [-0.1, -0.05) is 25.1 Å². The maximum Gasteiger partial charge on any atom is 0.318 e. The van der Waals surface area contributed by atoms with Crippen LogP contribution >= 0.6 is 0 Å². The molecule has 0 saturated carbocycles. The smallest absolute Gasteiger partial charge is 0.318 e. The molecule has 0 fully saturated rings. The highest BCUT2D eigenvalue weighted by Gasteiger charge is 2.11. The quantitative estimate of drug-likeness (QED) is 0.849. The Morgan fingerprint density at radius 1 is 1.08 bits per heavy atom. The molecule has 24 heavy (non-hydrogen) atoms. The lowest BCUT2D eigenvalue weighted by Crippen LogP contribution is -2.25. The second-order valence-corrected chi connectivity index (χ2v) is 5.99. The zero-order valence-corrected chi connectivity index (χ0v) is 15.1. The first kappa shape index (κ1) is 17.9. The molecular weight excluding hydrogens is 300 g/mol. The molecule has 0 unspecified atom stereocenters.